The third-order valence-corrected chi connectivity index (χ3v) is 5.13. The summed E-state index contributed by atoms with van der Waals surface area (Å²) in [5.41, 5.74) is 4.20. The summed E-state index contributed by atoms with van der Waals surface area (Å²) in [6, 6.07) is 17.9. The van der Waals surface area contributed by atoms with E-state index in [4.69, 9.17) is 12.2 Å². The largest absolute Gasteiger partial charge is 0.350 e. The first-order valence-electron chi connectivity index (χ1n) is 9.63. The van der Waals surface area contributed by atoms with E-state index in [1.807, 2.05) is 72.4 Å². The molecule has 7 nitrogen and oxygen atoms in total. The van der Waals surface area contributed by atoms with E-state index in [1.165, 1.54) is 0 Å². The van der Waals surface area contributed by atoms with Crippen LogP contribution in [0.4, 0.5) is 0 Å². The second kappa shape index (κ2) is 8.87. The second-order valence-corrected chi connectivity index (χ2v) is 7.44. The summed E-state index contributed by atoms with van der Waals surface area (Å²) < 4.78 is 4.00. The van der Waals surface area contributed by atoms with Gasteiger partial charge in [0.1, 0.15) is 6.54 Å². The third-order valence-electron chi connectivity index (χ3n) is 4.82. The number of aromatic nitrogens is 5. The molecule has 8 heteroatoms. The third kappa shape index (κ3) is 4.55. The minimum absolute atomic E-state index is 0.0972. The Kier molecular flexibility index (Phi) is 5.85. The molecule has 0 radical (unpaired) electrons. The smallest absolute Gasteiger partial charge is 0.240 e. The molecule has 0 saturated heterocycles. The number of H-pyrrole nitrogens is 1. The van der Waals surface area contributed by atoms with Crippen molar-refractivity contribution < 1.29 is 4.79 Å². The van der Waals surface area contributed by atoms with Gasteiger partial charge in [0, 0.05) is 24.5 Å². The Hall–Kier alpha value is -3.52. The van der Waals surface area contributed by atoms with Gasteiger partial charge in [-0.1, -0.05) is 48.0 Å². The number of aryl methyl sites for hydroxylation is 1. The quantitative estimate of drug-likeness (QED) is 0.450. The number of hydrogen-bond acceptors (Lipinski definition) is 4. The van der Waals surface area contributed by atoms with E-state index in [0.29, 0.717) is 23.7 Å². The number of nitrogens with one attached hydrogen (secondary N) is 2. The summed E-state index contributed by atoms with van der Waals surface area (Å²) >= 11 is 5.34. The first kappa shape index (κ1) is 19.8. The number of carbonyl (C=O) groups excluding carboxylic acids is 1. The van der Waals surface area contributed by atoms with Crippen LogP contribution < -0.4 is 5.32 Å². The highest BCUT2D eigenvalue weighted by atomic mass is 32.1. The minimum atomic E-state index is -0.129. The highest BCUT2D eigenvalue weighted by Gasteiger charge is 2.13. The van der Waals surface area contributed by atoms with Gasteiger partial charge in [-0.25, -0.2) is 0 Å². The Morgan fingerprint density at radius 3 is 2.73 bits per heavy atom. The summed E-state index contributed by atoms with van der Waals surface area (Å²) in [5.74, 6) is 0.522. The fraction of sp³-hybridized carbons (Fsp3) is 0.182. The number of aromatic amines is 1. The number of amides is 1. The molecule has 1 amide bonds. The predicted octanol–water partition coefficient (Wildman–Crippen LogP) is 3.48. The van der Waals surface area contributed by atoms with Gasteiger partial charge in [-0.3, -0.25) is 19.1 Å². The summed E-state index contributed by atoms with van der Waals surface area (Å²) in [7, 11) is 0. The van der Waals surface area contributed by atoms with Gasteiger partial charge in [-0.15, -0.1) is 0 Å². The van der Waals surface area contributed by atoms with E-state index in [1.54, 1.807) is 10.8 Å². The summed E-state index contributed by atoms with van der Waals surface area (Å²) in [6.07, 6.45) is 3.67. The van der Waals surface area contributed by atoms with Gasteiger partial charge in [0.15, 0.2) is 10.6 Å². The molecular formula is C22H22N6OS. The zero-order valence-electron chi connectivity index (χ0n) is 16.6. The number of nitrogens with zero attached hydrogens (tertiary/aromatic N) is 4. The molecule has 4 rings (SSSR count). The Morgan fingerprint density at radius 2 is 1.97 bits per heavy atom. The maximum atomic E-state index is 12.7. The van der Waals surface area contributed by atoms with Crippen LogP contribution in [0.15, 0.2) is 67.0 Å². The predicted molar refractivity (Wildman–Crippen MR) is 117 cm³/mol. The van der Waals surface area contributed by atoms with Crippen LogP contribution in [0.1, 0.15) is 16.7 Å². The van der Waals surface area contributed by atoms with E-state index in [2.05, 4.69) is 20.6 Å². The number of rotatable bonds is 7. The lowest BCUT2D eigenvalue weighted by Gasteiger charge is -2.12. The first-order chi connectivity index (χ1) is 14.6. The van der Waals surface area contributed by atoms with Crippen LogP contribution in [0, 0.1) is 11.7 Å². The van der Waals surface area contributed by atoms with Crippen molar-refractivity contribution in [1.29, 1.82) is 0 Å². The molecule has 0 saturated carbocycles. The number of hydrogen-bond donors (Lipinski definition) is 2. The van der Waals surface area contributed by atoms with Crippen molar-refractivity contribution >= 4 is 18.1 Å². The Balaban J connectivity index is 1.46. The molecule has 0 aliphatic heterocycles. The van der Waals surface area contributed by atoms with Crippen LogP contribution in [0.3, 0.4) is 0 Å². The summed E-state index contributed by atoms with van der Waals surface area (Å²) in [4.78, 5) is 12.7. The lowest BCUT2D eigenvalue weighted by molar-refractivity contribution is -0.121. The highest BCUT2D eigenvalue weighted by molar-refractivity contribution is 7.71. The van der Waals surface area contributed by atoms with Gasteiger partial charge in [-0.2, -0.15) is 10.2 Å². The zero-order valence-corrected chi connectivity index (χ0v) is 17.4. The van der Waals surface area contributed by atoms with Gasteiger partial charge in [0.05, 0.1) is 6.54 Å². The van der Waals surface area contributed by atoms with Gasteiger partial charge in [-0.05, 0) is 42.4 Å². The molecule has 0 bridgehead atoms. The molecule has 0 fully saturated rings. The molecule has 0 aliphatic rings. The topological polar surface area (TPSA) is 80.5 Å². The van der Waals surface area contributed by atoms with Crippen LogP contribution in [0.5, 0.6) is 0 Å². The SMILES string of the molecule is Cc1cccc(-c2n[nH]c(=S)n2CC(=O)NCc2ccccc2Cn2cccn2)c1. The zero-order chi connectivity index (χ0) is 20.9. The van der Waals surface area contributed by atoms with Crippen LogP contribution in [-0.2, 0) is 24.4 Å². The van der Waals surface area contributed by atoms with E-state index in [-0.39, 0.29) is 12.5 Å². The number of carbonyl (C=O) groups is 1. The van der Waals surface area contributed by atoms with E-state index >= 15 is 0 Å². The minimum Gasteiger partial charge on any atom is -0.350 e. The van der Waals surface area contributed by atoms with Gasteiger partial charge < -0.3 is 5.32 Å². The van der Waals surface area contributed by atoms with Crippen molar-refractivity contribution in [2.75, 3.05) is 0 Å². The van der Waals surface area contributed by atoms with Crippen molar-refractivity contribution in [3.63, 3.8) is 0 Å². The van der Waals surface area contributed by atoms with Crippen LogP contribution >= 0.6 is 12.2 Å². The maximum Gasteiger partial charge on any atom is 0.240 e. The van der Waals surface area contributed by atoms with Crippen molar-refractivity contribution in [2.24, 2.45) is 0 Å². The second-order valence-electron chi connectivity index (χ2n) is 7.06. The van der Waals surface area contributed by atoms with Gasteiger partial charge in [0.2, 0.25) is 5.91 Å². The molecule has 2 heterocycles. The molecule has 152 valence electrons. The number of benzene rings is 2. The molecule has 4 aromatic rings. The summed E-state index contributed by atoms with van der Waals surface area (Å²) in [6.45, 7) is 3.20. The molecule has 0 atom stereocenters. The molecule has 30 heavy (non-hydrogen) atoms. The maximum absolute atomic E-state index is 12.7. The first-order valence-corrected chi connectivity index (χ1v) is 10.0. The van der Waals surface area contributed by atoms with E-state index in [9.17, 15) is 4.79 Å². The average Bonchev–Trinajstić information content (AvgIpc) is 3.38. The van der Waals surface area contributed by atoms with Gasteiger partial charge >= 0.3 is 0 Å². The van der Waals surface area contributed by atoms with Crippen molar-refractivity contribution in [3.8, 4) is 11.4 Å². The Bertz CT molecular complexity index is 1210. The van der Waals surface area contributed by atoms with Crippen LogP contribution in [0.2, 0.25) is 0 Å². The van der Waals surface area contributed by atoms with Crippen molar-refractivity contribution in [2.45, 2.75) is 26.6 Å². The Morgan fingerprint density at radius 1 is 1.13 bits per heavy atom. The average molecular weight is 419 g/mol. The Labute approximate surface area is 179 Å². The fourth-order valence-electron chi connectivity index (χ4n) is 3.31. The lowest BCUT2D eigenvalue weighted by atomic mass is 10.1. The summed E-state index contributed by atoms with van der Waals surface area (Å²) in [5, 5.41) is 14.4. The fourth-order valence-corrected chi connectivity index (χ4v) is 3.51. The molecular weight excluding hydrogens is 396 g/mol. The monoisotopic (exact) mass is 418 g/mol. The molecule has 2 N–H and O–H groups in total. The normalized spacial score (nSPS) is 10.8. The van der Waals surface area contributed by atoms with Crippen molar-refractivity contribution in [3.05, 3.63) is 88.5 Å². The molecule has 0 spiro atoms. The van der Waals surface area contributed by atoms with Gasteiger partial charge in [0.25, 0.3) is 0 Å². The highest BCUT2D eigenvalue weighted by Crippen LogP contribution is 2.18. The standard InChI is InChI=1S/C22H22N6OS/c1-16-6-4-9-17(12-16)21-25-26-22(30)28(21)15-20(29)23-13-18-7-2-3-8-19(18)14-27-11-5-10-24-27/h2-12H,13-15H2,1H3,(H,23,29)(H,26,30). The van der Waals surface area contributed by atoms with Crippen LogP contribution in [0.25, 0.3) is 11.4 Å². The molecule has 0 aliphatic carbocycles. The lowest BCUT2D eigenvalue weighted by Crippen LogP contribution is -2.28. The molecule has 0 unspecified atom stereocenters. The molecule has 2 aromatic carbocycles. The van der Waals surface area contributed by atoms with Crippen LogP contribution in [-0.4, -0.2) is 30.5 Å². The van der Waals surface area contributed by atoms with E-state index < -0.39 is 0 Å². The molecule has 2 aromatic heterocycles. The van der Waals surface area contributed by atoms with Crippen molar-refractivity contribution in [1.82, 2.24) is 29.9 Å². The van der Waals surface area contributed by atoms with E-state index in [0.717, 1.165) is 22.3 Å².